The van der Waals surface area contributed by atoms with Gasteiger partial charge < -0.3 is 32.4 Å². The number of carboxylic acid groups (broad SMARTS) is 1. The number of rotatable bonds is 12. The van der Waals surface area contributed by atoms with Crippen LogP contribution < -0.4 is 22.1 Å². The first kappa shape index (κ1) is 29.6. The van der Waals surface area contributed by atoms with Gasteiger partial charge in [0.05, 0.1) is 12.2 Å². The van der Waals surface area contributed by atoms with Crippen LogP contribution in [0.15, 0.2) is 39.0 Å². The van der Waals surface area contributed by atoms with Crippen LogP contribution in [0.25, 0.3) is 0 Å². The van der Waals surface area contributed by atoms with E-state index in [1.165, 1.54) is 23.5 Å². The van der Waals surface area contributed by atoms with E-state index in [0.29, 0.717) is 23.0 Å². The summed E-state index contributed by atoms with van der Waals surface area (Å²) in [6.07, 6.45) is 1.64. The molecule has 212 valence electrons. The lowest BCUT2D eigenvalue weighted by Gasteiger charge is -2.49. The highest BCUT2D eigenvalue weighted by molar-refractivity contribution is 8.06. The summed E-state index contributed by atoms with van der Waals surface area (Å²) in [5.41, 5.74) is 10.8. The van der Waals surface area contributed by atoms with Gasteiger partial charge in [-0.2, -0.15) is 21.1 Å². The molecule has 0 radical (unpaired) electrons. The first-order chi connectivity index (χ1) is 19.2. The van der Waals surface area contributed by atoms with Gasteiger partial charge in [-0.05, 0) is 12.1 Å². The molecule has 19 heteroatoms. The normalized spacial score (nSPS) is 18.7. The summed E-state index contributed by atoms with van der Waals surface area (Å²) in [7, 11) is 0. The van der Waals surface area contributed by atoms with Crippen molar-refractivity contribution in [2.45, 2.75) is 22.1 Å². The summed E-state index contributed by atoms with van der Waals surface area (Å²) in [6, 6.07) is 2.52. The number of hydrogen-bond acceptors (Lipinski definition) is 15. The molecule has 0 aliphatic carbocycles. The number of pyridine rings is 1. The Morgan fingerprint density at radius 2 is 2.12 bits per heavy atom. The minimum atomic E-state index is -1.28. The van der Waals surface area contributed by atoms with Gasteiger partial charge in [-0.15, -0.1) is 11.8 Å². The van der Waals surface area contributed by atoms with Crippen LogP contribution in [0.5, 0.6) is 0 Å². The zero-order valence-electron chi connectivity index (χ0n) is 20.5. The average Bonchev–Trinajstić information content (AvgIpc) is 3.37. The van der Waals surface area contributed by atoms with Gasteiger partial charge in [-0.25, -0.2) is 4.79 Å². The van der Waals surface area contributed by atoms with Gasteiger partial charge in [0.2, 0.25) is 17.4 Å². The van der Waals surface area contributed by atoms with Gasteiger partial charge in [-0.1, -0.05) is 16.9 Å². The standard InChI is InChI=1S/C21H23N9O6S4/c22-6-12(31)25-4-5-37-7-9-10(2-1-3-24-9)39-11-8-38-19-14(18(33)30(19)15(11)20(34)35)26-17(32)13(28-36)16-27-21(23)40-29-16/h1-3,14,19,36H,4-8,22H2,(H,25,31)(H,26,32)(H,34,35)(H2,23,27,29)/b28-13-/t14-,19+/m1/s1. The lowest BCUT2D eigenvalue weighted by Crippen LogP contribution is -2.71. The number of amides is 3. The van der Waals surface area contributed by atoms with Gasteiger partial charge in [0.25, 0.3) is 11.8 Å². The van der Waals surface area contributed by atoms with E-state index in [9.17, 15) is 29.5 Å². The number of β-lactam (4-membered cyclic amide) rings is 1. The third-order valence-electron chi connectivity index (χ3n) is 5.47. The molecule has 0 bridgehead atoms. The number of nitrogens with two attached hydrogens (primary N) is 2. The lowest BCUT2D eigenvalue weighted by molar-refractivity contribution is -0.150. The number of carbonyl (C=O) groups excluding carboxylic acids is 3. The Bertz CT molecular complexity index is 1380. The predicted molar refractivity (Wildman–Crippen MR) is 151 cm³/mol. The second-order valence-corrected chi connectivity index (χ2v) is 12.1. The number of nitrogens with one attached hydrogen (secondary N) is 2. The number of fused-ring (bicyclic) bond motifs is 1. The van der Waals surface area contributed by atoms with E-state index in [1.807, 2.05) is 6.07 Å². The van der Waals surface area contributed by atoms with E-state index in [-0.39, 0.29) is 34.9 Å². The zero-order valence-corrected chi connectivity index (χ0v) is 23.7. The van der Waals surface area contributed by atoms with Crippen LogP contribution in [0.2, 0.25) is 0 Å². The van der Waals surface area contributed by atoms with E-state index in [2.05, 4.69) is 30.1 Å². The smallest absolute Gasteiger partial charge is 0.353 e. The Hall–Kier alpha value is -3.39. The maximum Gasteiger partial charge on any atom is 0.353 e. The van der Waals surface area contributed by atoms with Crippen molar-refractivity contribution in [3.05, 3.63) is 40.5 Å². The number of thioether (sulfide) groups is 3. The molecule has 4 heterocycles. The maximum atomic E-state index is 13.0. The summed E-state index contributed by atoms with van der Waals surface area (Å²) >= 11 is 4.86. The van der Waals surface area contributed by atoms with Crippen LogP contribution in [0.1, 0.15) is 11.5 Å². The Kier molecular flexibility index (Phi) is 9.85. The first-order valence-corrected chi connectivity index (χ1v) is 15.2. The fourth-order valence-corrected chi connectivity index (χ4v) is 7.57. The Morgan fingerprint density at radius 1 is 1.32 bits per heavy atom. The topological polar surface area (TPSA) is 239 Å². The molecule has 1 saturated heterocycles. The van der Waals surface area contributed by atoms with Crippen molar-refractivity contribution in [2.24, 2.45) is 10.9 Å². The second kappa shape index (κ2) is 13.3. The number of aliphatic carboxylic acids is 1. The van der Waals surface area contributed by atoms with Crippen molar-refractivity contribution in [2.75, 3.05) is 30.3 Å². The van der Waals surface area contributed by atoms with Crippen molar-refractivity contribution in [3.8, 4) is 0 Å². The summed E-state index contributed by atoms with van der Waals surface area (Å²) in [5, 5.41) is 26.8. The predicted octanol–water partition coefficient (Wildman–Crippen LogP) is -0.510. The molecule has 0 spiro atoms. The van der Waals surface area contributed by atoms with Crippen molar-refractivity contribution < 1.29 is 29.5 Å². The maximum absolute atomic E-state index is 13.0. The summed E-state index contributed by atoms with van der Waals surface area (Å²) < 4.78 is 3.83. The number of oxime groups is 1. The third-order valence-corrected chi connectivity index (χ3v) is 9.62. The second-order valence-electron chi connectivity index (χ2n) is 8.00. The summed E-state index contributed by atoms with van der Waals surface area (Å²) in [4.78, 5) is 59.8. The number of aromatic nitrogens is 3. The van der Waals surface area contributed by atoms with E-state index in [1.54, 1.807) is 24.0 Å². The minimum Gasteiger partial charge on any atom is -0.477 e. The first-order valence-electron chi connectivity index (χ1n) is 11.4. The fraction of sp³-hybridized carbons (Fsp3) is 0.333. The van der Waals surface area contributed by atoms with Gasteiger partial charge >= 0.3 is 5.97 Å². The highest BCUT2D eigenvalue weighted by Crippen LogP contribution is 2.45. The Balaban J connectivity index is 1.44. The summed E-state index contributed by atoms with van der Waals surface area (Å²) in [6.45, 7) is 0.382. The highest BCUT2D eigenvalue weighted by Gasteiger charge is 2.54. The van der Waals surface area contributed by atoms with Gasteiger partial charge in [0.1, 0.15) is 17.1 Å². The number of anilines is 1. The number of nitrogens with zero attached hydrogens (tertiary/aromatic N) is 5. The molecule has 1 fully saturated rings. The van der Waals surface area contributed by atoms with Gasteiger partial charge in [-0.3, -0.25) is 24.3 Å². The van der Waals surface area contributed by atoms with Gasteiger partial charge in [0, 0.05) is 51.3 Å². The lowest BCUT2D eigenvalue weighted by atomic mass is 10.0. The average molecular weight is 626 g/mol. The van der Waals surface area contributed by atoms with Crippen LogP contribution in [0.3, 0.4) is 0 Å². The van der Waals surface area contributed by atoms with Crippen molar-refractivity contribution in [1.82, 2.24) is 29.9 Å². The fourth-order valence-electron chi connectivity index (χ4n) is 3.66. The number of nitrogen functional groups attached to an aromatic ring is 1. The zero-order chi connectivity index (χ0) is 28.8. The van der Waals surface area contributed by atoms with Crippen LogP contribution >= 0.6 is 46.8 Å². The number of carbonyl (C=O) groups is 4. The van der Waals surface area contributed by atoms with Crippen molar-refractivity contribution in [3.63, 3.8) is 0 Å². The molecule has 2 aliphatic heterocycles. The molecule has 0 saturated carbocycles. The Labute approximate surface area is 243 Å². The molecule has 15 nitrogen and oxygen atoms in total. The molecule has 0 unspecified atom stereocenters. The largest absolute Gasteiger partial charge is 0.477 e. The Morgan fingerprint density at radius 3 is 2.80 bits per heavy atom. The molecular weight excluding hydrogens is 603 g/mol. The highest BCUT2D eigenvalue weighted by atomic mass is 32.2. The van der Waals surface area contributed by atoms with Crippen LogP contribution in [0, 0.1) is 0 Å². The molecule has 2 aromatic rings. The molecule has 3 amide bonds. The van der Waals surface area contributed by atoms with Crippen LogP contribution in [-0.2, 0) is 24.9 Å². The van der Waals surface area contributed by atoms with E-state index >= 15 is 0 Å². The molecule has 2 aliphatic rings. The molecule has 40 heavy (non-hydrogen) atoms. The third kappa shape index (κ3) is 6.49. The van der Waals surface area contributed by atoms with E-state index in [4.69, 9.17) is 11.5 Å². The SMILES string of the molecule is NCC(=O)NCCSCc1ncccc1SC1=C(C(=O)O)N2C(=O)[C@@H](NC(=O)/C(=N\O)c3nsc(N)n3)[C@@H]2SC1. The number of hydrogen-bond donors (Lipinski definition) is 6. The molecule has 0 aromatic carbocycles. The minimum absolute atomic E-state index is 0.0605. The van der Waals surface area contributed by atoms with Gasteiger partial charge in [0.15, 0.2) is 5.13 Å². The quantitative estimate of drug-likeness (QED) is 0.0573. The van der Waals surface area contributed by atoms with Crippen molar-refractivity contribution >= 4 is 81.4 Å². The van der Waals surface area contributed by atoms with Crippen molar-refractivity contribution in [1.29, 1.82) is 0 Å². The van der Waals surface area contributed by atoms with Crippen LogP contribution in [-0.4, -0.2) is 95.0 Å². The molecule has 2 aromatic heterocycles. The monoisotopic (exact) mass is 625 g/mol. The van der Waals surface area contributed by atoms with E-state index < -0.39 is 34.9 Å². The molecule has 4 rings (SSSR count). The molecule has 8 N–H and O–H groups in total. The number of carboxylic acids is 1. The van der Waals surface area contributed by atoms with E-state index in [0.717, 1.165) is 27.0 Å². The van der Waals surface area contributed by atoms with Crippen LogP contribution in [0.4, 0.5) is 5.13 Å². The molecular formula is C21H23N9O6S4. The molecule has 2 atom stereocenters. The summed E-state index contributed by atoms with van der Waals surface area (Å²) in [5.74, 6) is -1.80.